The third-order valence-corrected chi connectivity index (χ3v) is 5.13. The van der Waals surface area contributed by atoms with Crippen LogP contribution in [0, 0.1) is 0 Å². The molecule has 2 rings (SSSR count). The molecule has 23 heavy (non-hydrogen) atoms. The first-order chi connectivity index (χ1) is 11.0. The zero-order chi connectivity index (χ0) is 17.0. The van der Waals surface area contributed by atoms with Crippen LogP contribution >= 0.6 is 11.8 Å². The fraction of sp³-hybridized carbons (Fsp3) is 0.733. The summed E-state index contributed by atoms with van der Waals surface area (Å²) in [7, 11) is 1.64. The number of hydrogen-bond donors (Lipinski definition) is 1. The summed E-state index contributed by atoms with van der Waals surface area (Å²) in [5.74, 6) is 0.0754. The first-order valence-corrected chi connectivity index (χ1v) is 8.98. The summed E-state index contributed by atoms with van der Waals surface area (Å²) in [5.41, 5.74) is 0. The third-order valence-electron chi connectivity index (χ3n) is 3.98. The maximum atomic E-state index is 12.3. The highest BCUT2D eigenvalue weighted by Gasteiger charge is 2.48. The molecule has 0 bridgehead atoms. The molecule has 3 amide bonds. The van der Waals surface area contributed by atoms with Crippen LogP contribution in [-0.4, -0.2) is 64.2 Å². The van der Waals surface area contributed by atoms with Crippen LogP contribution in [0.1, 0.15) is 39.5 Å². The fourth-order valence-corrected chi connectivity index (χ4v) is 3.62. The SMILES string of the molecule is CCCCCCN1C(SCC(C)=O)=NC2C1C(=O)NC(=O)N2C. The Bertz CT molecular complexity index is 523. The molecule has 0 aromatic carbocycles. The predicted octanol–water partition coefficient (Wildman–Crippen LogP) is 1.44. The molecule has 2 atom stereocenters. The quantitative estimate of drug-likeness (QED) is 0.709. The van der Waals surface area contributed by atoms with E-state index in [2.05, 4.69) is 17.2 Å². The van der Waals surface area contributed by atoms with Gasteiger partial charge in [-0.05, 0) is 13.3 Å². The summed E-state index contributed by atoms with van der Waals surface area (Å²) in [4.78, 5) is 43.2. The smallest absolute Gasteiger partial charge is 0.325 e. The predicted molar refractivity (Wildman–Crippen MR) is 90.3 cm³/mol. The van der Waals surface area contributed by atoms with E-state index in [4.69, 9.17) is 0 Å². The average molecular weight is 340 g/mol. The number of thioether (sulfide) groups is 1. The lowest BCUT2D eigenvalue weighted by Gasteiger charge is -2.36. The number of rotatable bonds is 7. The van der Waals surface area contributed by atoms with Crippen LogP contribution in [0.3, 0.4) is 0 Å². The van der Waals surface area contributed by atoms with Gasteiger partial charge >= 0.3 is 6.03 Å². The summed E-state index contributed by atoms with van der Waals surface area (Å²) in [6, 6.07) is -0.919. The summed E-state index contributed by atoms with van der Waals surface area (Å²) >= 11 is 1.34. The monoisotopic (exact) mass is 340 g/mol. The van der Waals surface area contributed by atoms with E-state index in [0.29, 0.717) is 17.5 Å². The number of carbonyl (C=O) groups is 3. The highest BCUT2D eigenvalue weighted by atomic mass is 32.2. The maximum absolute atomic E-state index is 12.3. The van der Waals surface area contributed by atoms with Crippen LogP contribution in [-0.2, 0) is 9.59 Å². The number of imide groups is 1. The zero-order valence-electron chi connectivity index (χ0n) is 13.9. The summed E-state index contributed by atoms with van der Waals surface area (Å²) in [6.07, 6.45) is 3.84. The number of likely N-dealkylation sites (N-methyl/N-ethyl adjacent to an activating group) is 1. The van der Waals surface area contributed by atoms with E-state index in [0.717, 1.165) is 25.7 Å². The van der Waals surface area contributed by atoms with Gasteiger partial charge in [0, 0.05) is 13.6 Å². The van der Waals surface area contributed by atoms with E-state index in [9.17, 15) is 14.4 Å². The Morgan fingerprint density at radius 1 is 1.30 bits per heavy atom. The first-order valence-electron chi connectivity index (χ1n) is 8.00. The van der Waals surface area contributed by atoms with Crippen molar-refractivity contribution in [1.82, 2.24) is 15.1 Å². The number of nitrogens with zero attached hydrogens (tertiary/aromatic N) is 3. The normalized spacial score (nSPS) is 23.7. The molecule has 2 unspecified atom stereocenters. The van der Waals surface area contributed by atoms with Crippen molar-refractivity contribution in [2.45, 2.75) is 51.7 Å². The van der Waals surface area contributed by atoms with Crippen LogP contribution in [0.5, 0.6) is 0 Å². The number of urea groups is 1. The number of Topliss-reactive ketones (excluding diaryl/α,β-unsaturated/α-hetero) is 1. The molecule has 1 saturated heterocycles. The van der Waals surface area contributed by atoms with E-state index in [-0.39, 0.29) is 11.7 Å². The molecule has 128 valence electrons. The Kier molecular flexibility index (Phi) is 6.04. The molecule has 0 aliphatic carbocycles. The number of hydrogen-bond acceptors (Lipinski definition) is 6. The van der Waals surface area contributed by atoms with Gasteiger partial charge in [0.05, 0.1) is 5.75 Å². The number of nitrogens with one attached hydrogen (secondary N) is 1. The standard InChI is InChI=1S/C15H24N4O3S/c1-4-5-6-7-8-19-11-12(16-15(19)23-9-10(2)20)18(3)14(22)17-13(11)21/h11-12H,4-9H2,1-3H3,(H,17,21,22). The van der Waals surface area contributed by atoms with Gasteiger partial charge in [-0.3, -0.25) is 14.9 Å². The number of unbranched alkanes of at least 4 members (excludes halogenated alkanes) is 3. The topological polar surface area (TPSA) is 82.1 Å². The van der Waals surface area contributed by atoms with Crippen LogP contribution in [0.15, 0.2) is 4.99 Å². The molecule has 0 aromatic rings. The van der Waals surface area contributed by atoms with Crippen molar-refractivity contribution in [3.63, 3.8) is 0 Å². The lowest BCUT2D eigenvalue weighted by Crippen LogP contribution is -2.63. The Morgan fingerprint density at radius 3 is 2.70 bits per heavy atom. The second-order valence-electron chi connectivity index (χ2n) is 5.92. The van der Waals surface area contributed by atoms with Gasteiger partial charge in [-0.1, -0.05) is 37.9 Å². The van der Waals surface area contributed by atoms with Crippen molar-refractivity contribution >= 4 is 34.7 Å². The van der Waals surface area contributed by atoms with Gasteiger partial charge in [0.2, 0.25) is 0 Å². The van der Waals surface area contributed by atoms with Crippen molar-refractivity contribution in [2.24, 2.45) is 4.99 Å². The molecule has 1 fully saturated rings. The number of ketones is 1. The minimum Gasteiger partial charge on any atom is -0.336 e. The lowest BCUT2D eigenvalue weighted by molar-refractivity contribution is -0.127. The lowest BCUT2D eigenvalue weighted by atomic mass is 10.1. The van der Waals surface area contributed by atoms with Crippen molar-refractivity contribution in [3.05, 3.63) is 0 Å². The molecule has 7 nitrogen and oxygen atoms in total. The Balaban J connectivity index is 2.13. The fourth-order valence-electron chi connectivity index (χ4n) is 2.73. The van der Waals surface area contributed by atoms with Crippen molar-refractivity contribution < 1.29 is 14.4 Å². The third kappa shape index (κ3) is 4.04. The van der Waals surface area contributed by atoms with E-state index >= 15 is 0 Å². The van der Waals surface area contributed by atoms with Crippen LogP contribution in [0.2, 0.25) is 0 Å². The van der Waals surface area contributed by atoms with E-state index in [1.807, 2.05) is 4.90 Å². The molecule has 0 aromatic heterocycles. The van der Waals surface area contributed by atoms with E-state index in [1.165, 1.54) is 23.6 Å². The molecule has 2 heterocycles. The molecule has 8 heteroatoms. The molecule has 2 aliphatic rings. The largest absolute Gasteiger partial charge is 0.336 e. The molecule has 0 saturated carbocycles. The van der Waals surface area contributed by atoms with E-state index in [1.54, 1.807) is 7.05 Å². The Morgan fingerprint density at radius 2 is 2.04 bits per heavy atom. The van der Waals surface area contributed by atoms with Gasteiger partial charge in [0.15, 0.2) is 17.4 Å². The molecule has 1 N–H and O–H groups in total. The van der Waals surface area contributed by atoms with Gasteiger partial charge < -0.3 is 9.80 Å². The number of amides is 3. The Hall–Kier alpha value is -1.57. The van der Waals surface area contributed by atoms with Crippen LogP contribution < -0.4 is 5.32 Å². The minimum atomic E-state index is -0.503. The summed E-state index contributed by atoms with van der Waals surface area (Å²) < 4.78 is 0. The minimum absolute atomic E-state index is 0.0624. The second-order valence-corrected chi connectivity index (χ2v) is 6.86. The van der Waals surface area contributed by atoms with Crippen molar-refractivity contribution in [1.29, 1.82) is 0 Å². The van der Waals surface area contributed by atoms with Gasteiger partial charge in [-0.25, -0.2) is 9.79 Å². The van der Waals surface area contributed by atoms with E-state index < -0.39 is 18.2 Å². The van der Waals surface area contributed by atoms with Crippen molar-refractivity contribution in [2.75, 3.05) is 19.3 Å². The van der Waals surface area contributed by atoms with Gasteiger partial charge in [-0.2, -0.15) is 0 Å². The highest BCUT2D eigenvalue weighted by molar-refractivity contribution is 8.14. The zero-order valence-corrected chi connectivity index (χ0v) is 14.7. The van der Waals surface area contributed by atoms with Crippen LogP contribution in [0.4, 0.5) is 4.79 Å². The van der Waals surface area contributed by atoms with Crippen molar-refractivity contribution in [3.8, 4) is 0 Å². The Labute approximate surface area is 140 Å². The number of carbonyl (C=O) groups excluding carboxylic acids is 3. The molecular formula is C15H24N4O3S. The molecular weight excluding hydrogens is 316 g/mol. The molecule has 0 radical (unpaired) electrons. The highest BCUT2D eigenvalue weighted by Crippen LogP contribution is 2.28. The second kappa shape index (κ2) is 7.81. The average Bonchev–Trinajstić information content (AvgIpc) is 2.86. The van der Waals surface area contributed by atoms with Gasteiger partial charge in [-0.15, -0.1) is 0 Å². The summed E-state index contributed by atoms with van der Waals surface area (Å²) in [5, 5.41) is 3.06. The van der Waals surface area contributed by atoms with Crippen LogP contribution in [0.25, 0.3) is 0 Å². The number of amidine groups is 1. The van der Waals surface area contributed by atoms with Gasteiger partial charge in [0.25, 0.3) is 5.91 Å². The summed E-state index contributed by atoms with van der Waals surface area (Å²) in [6.45, 7) is 4.39. The number of fused-ring (bicyclic) bond motifs is 1. The molecule has 2 aliphatic heterocycles. The maximum Gasteiger partial charge on any atom is 0.325 e. The first kappa shape index (κ1) is 17.8. The van der Waals surface area contributed by atoms with Gasteiger partial charge in [0.1, 0.15) is 5.78 Å². The molecule has 0 spiro atoms. The number of aliphatic imine (C=N–C) groups is 1.